The summed E-state index contributed by atoms with van der Waals surface area (Å²) in [5.41, 5.74) is 1.64. The summed E-state index contributed by atoms with van der Waals surface area (Å²) in [5.74, 6) is 0.446. The molecule has 0 aliphatic rings. The molecule has 2 aromatic heterocycles. The maximum atomic E-state index is 12.1. The maximum Gasteiger partial charge on any atom is 0.414 e. The van der Waals surface area contributed by atoms with E-state index in [-0.39, 0.29) is 12.4 Å². The molecule has 214 valence electrons. The number of pyridine rings is 1. The molecule has 40 heavy (non-hydrogen) atoms. The number of nitrogens with one attached hydrogen (secondary N) is 1. The lowest BCUT2D eigenvalue weighted by Gasteiger charge is -2.27. The number of carboxylic acid groups (broad SMARTS) is 1. The lowest BCUT2D eigenvalue weighted by Crippen LogP contribution is -2.34. The third kappa shape index (κ3) is 9.48. The molecular formula is C29H39N7O4. The number of amides is 1. The van der Waals surface area contributed by atoms with E-state index >= 15 is 0 Å². The molecule has 11 nitrogen and oxygen atoms in total. The Hall–Kier alpha value is -4.28. The molecule has 2 N–H and O–H groups in total. The molecule has 0 aliphatic carbocycles. The average molecular weight is 550 g/mol. The summed E-state index contributed by atoms with van der Waals surface area (Å²) in [6.45, 7) is 5.66. The standard InChI is InChI=1S/C29H39N7O4/c1-5-7-10-21(6-2)18-36(19-23-11-8-9-16-30-23)28-32-20-31-27(34-28)33-25(26(37)38)17-22-12-14-24(15-13-22)40-29(39)35(3)4/h8-9,11-16,20-21,25H,5-7,10,17-19H2,1-4H3,(H,37,38)(H,31,32,33,34)/t21?,25-/m0/s1. The molecule has 0 fully saturated rings. The normalized spacial score (nSPS) is 12.3. The average Bonchev–Trinajstić information content (AvgIpc) is 2.95. The second kappa shape index (κ2) is 15.3. The lowest BCUT2D eigenvalue weighted by atomic mass is 9.99. The van der Waals surface area contributed by atoms with Crippen LogP contribution in [-0.4, -0.2) is 68.7 Å². The van der Waals surface area contributed by atoms with E-state index in [1.165, 1.54) is 11.2 Å². The zero-order valence-electron chi connectivity index (χ0n) is 23.7. The summed E-state index contributed by atoms with van der Waals surface area (Å²) in [6.07, 6.45) is 7.27. The van der Waals surface area contributed by atoms with Gasteiger partial charge in [-0.05, 0) is 42.2 Å². The van der Waals surface area contributed by atoms with Crippen LogP contribution in [0.5, 0.6) is 5.75 Å². The highest BCUT2D eigenvalue weighted by Gasteiger charge is 2.22. The van der Waals surface area contributed by atoms with Crippen molar-refractivity contribution < 1.29 is 19.4 Å². The van der Waals surface area contributed by atoms with E-state index in [2.05, 4.69) is 44.0 Å². The zero-order chi connectivity index (χ0) is 28.9. The number of hydrogen-bond acceptors (Lipinski definition) is 9. The van der Waals surface area contributed by atoms with Gasteiger partial charge in [0.25, 0.3) is 0 Å². The number of nitrogens with zero attached hydrogens (tertiary/aromatic N) is 6. The van der Waals surface area contributed by atoms with Gasteiger partial charge in [0, 0.05) is 33.3 Å². The molecule has 1 unspecified atom stereocenters. The highest BCUT2D eigenvalue weighted by Crippen LogP contribution is 2.21. The van der Waals surface area contributed by atoms with Gasteiger partial charge in [0.2, 0.25) is 11.9 Å². The van der Waals surface area contributed by atoms with E-state index in [9.17, 15) is 14.7 Å². The van der Waals surface area contributed by atoms with Crippen molar-refractivity contribution in [2.75, 3.05) is 30.9 Å². The molecule has 0 saturated carbocycles. The monoisotopic (exact) mass is 549 g/mol. The molecule has 1 amide bonds. The number of anilines is 2. The SMILES string of the molecule is CCCCC(CC)CN(Cc1ccccn1)c1ncnc(N[C@@H](Cc2ccc(OC(=O)N(C)C)cc2)C(=O)O)n1. The first-order valence-corrected chi connectivity index (χ1v) is 13.6. The number of ether oxygens (including phenoxy) is 1. The lowest BCUT2D eigenvalue weighted by molar-refractivity contribution is -0.137. The van der Waals surface area contributed by atoms with Crippen molar-refractivity contribution in [3.63, 3.8) is 0 Å². The van der Waals surface area contributed by atoms with Crippen LogP contribution in [-0.2, 0) is 17.8 Å². The van der Waals surface area contributed by atoms with Gasteiger partial charge in [-0.3, -0.25) is 4.98 Å². The third-order valence-electron chi connectivity index (χ3n) is 6.48. The van der Waals surface area contributed by atoms with Crippen molar-refractivity contribution in [2.45, 2.75) is 58.5 Å². The molecule has 11 heteroatoms. The van der Waals surface area contributed by atoms with E-state index in [1.54, 1.807) is 44.6 Å². The summed E-state index contributed by atoms with van der Waals surface area (Å²) >= 11 is 0. The van der Waals surface area contributed by atoms with Gasteiger partial charge in [-0.25, -0.2) is 19.6 Å². The fourth-order valence-corrected chi connectivity index (χ4v) is 4.12. The molecule has 3 rings (SSSR count). The molecule has 0 radical (unpaired) electrons. The zero-order valence-corrected chi connectivity index (χ0v) is 23.7. The van der Waals surface area contributed by atoms with Gasteiger partial charge in [0.15, 0.2) is 0 Å². The first-order valence-electron chi connectivity index (χ1n) is 13.6. The molecular weight excluding hydrogens is 510 g/mol. The van der Waals surface area contributed by atoms with Crippen LogP contribution in [0.15, 0.2) is 55.0 Å². The smallest absolute Gasteiger partial charge is 0.414 e. The fraction of sp³-hybridized carbons (Fsp3) is 0.448. The molecule has 0 saturated heterocycles. The van der Waals surface area contributed by atoms with E-state index in [1.807, 2.05) is 18.2 Å². The second-order valence-electron chi connectivity index (χ2n) is 9.87. The summed E-state index contributed by atoms with van der Waals surface area (Å²) < 4.78 is 5.23. The van der Waals surface area contributed by atoms with Crippen molar-refractivity contribution in [3.05, 3.63) is 66.2 Å². The topological polar surface area (TPSA) is 134 Å². The maximum absolute atomic E-state index is 12.1. The van der Waals surface area contributed by atoms with Gasteiger partial charge < -0.3 is 25.0 Å². The van der Waals surface area contributed by atoms with Crippen LogP contribution in [0.3, 0.4) is 0 Å². The van der Waals surface area contributed by atoms with E-state index in [0.29, 0.717) is 24.2 Å². The Balaban J connectivity index is 1.76. The van der Waals surface area contributed by atoms with E-state index in [4.69, 9.17) is 4.74 Å². The number of carbonyl (C=O) groups is 2. The number of benzene rings is 1. The molecule has 1 aromatic carbocycles. The van der Waals surface area contributed by atoms with Gasteiger partial charge in [-0.15, -0.1) is 0 Å². The van der Waals surface area contributed by atoms with Gasteiger partial charge in [-0.1, -0.05) is 51.3 Å². The highest BCUT2D eigenvalue weighted by atomic mass is 16.6. The predicted octanol–water partition coefficient (Wildman–Crippen LogP) is 4.66. The largest absolute Gasteiger partial charge is 0.480 e. The molecule has 0 aliphatic heterocycles. The fourth-order valence-electron chi connectivity index (χ4n) is 4.12. The Morgan fingerprint density at radius 3 is 2.45 bits per heavy atom. The summed E-state index contributed by atoms with van der Waals surface area (Å²) in [6, 6.07) is 11.5. The minimum Gasteiger partial charge on any atom is -0.480 e. The molecule has 3 aromatic rings. The first-order chi connectivity index (χ1) is 19.3. The Morgan fingerprint density at radius 2 is 1.82 bits per heavy atom. The molecule has 2 atom stereocenters. The summed E-state index contributed by atoms with van der Waals surface area (Å²) in [4.78, 5) is 45.0. The van der Waals surface area contributed by atoms with Crippen molar-refractivity contribution in [1.82, 2.24) is 24.8 Å². The van der Waals surface area contributed by atoms with Crippen LogP contribution >= 0.6 is 0 Å². The van der Waals surface area contributed by atoms with Crippen molar-refractivity contribution >= 4 is 24.0 Å². The van der Waals surface area contributed by atoms with Crippen molar-refractivity contribution in [3.8, 4) is 5.75 Å². The van der Waals surface area contributed by atoms with Gasteiger partial charge >= 0.3 is 12.1 Å². The van der Waals surface area contributed by atoms with Gasteiger partial charge in [0.1, 0.15) is 18.1 Å². The second-order valence-corrected chi connectivity index (χ2v) is 9.87. The Bertz CT molecular complexity index is 1210. The van der Waals surface area contributed by atoms with Crippen LogP contribution < -0.4 is 15.0 Å². The number of unbranched alkanes of at least 4 members (excludes halogenated alkanes) is 1. The minimum absolute atomic E-state index is 0.171. The van der Waals surface area contributed by atoms with E-state index in [0.717, 1.165) is 43.5 Å². The third-order valence-corrected chi connectivity index (χ3v) is 6.48. The number of aromatic nitrogens is 4. The summed E-state index contributed by atoms with van der Waals surface area (Å²) in [7, 11) is 3.19. The Kier molecular flexibility index (Phi) is 11.6. The molecule has 0 spiro atoms. The van der Waals surface area contributed by atoms with Crippen LogP contribution in [0.2, 0.25) is 0 Å². The number of carbonyl (C=O) groups excluding carboxylic acids is 1. The Labute approximate surface area is 235 Å². The van der Waals surface area contributed by atoms with Crippen LogP contribution in [0.1, 0.15) is 50.8 Å². The molecule has 2 heterocycles. The quantitative estimate of drug-likeness (QED) is 0.276. The number of aliphatic carboxylic acids is 1. The number of hydrogen-bond donors (Lipinski definition) is 2. The number of rotatable bonds is 15. The minimum atomic E-state index is -1.04. The number of carboxylic acids is 1. The van der Waals surface area contributed by atoms with Crippen LogP contribution in [0.4, 0.5) is 16.7 Å². The van der Waals surface area contributed by atoms with Gasteiger partial charge in [0.05, 0.1) is 12.2 Å². The molecule has 0 bridgehead atoms. The predicted molar refractivity (Wildman–Crippen MR) is 153 cm³/mol. The highest BCUT2D eigenvalue weighted by molar-refractivity contribution is 5.77. The van der Waals surface area contributed by atoms with Crippen molar-refractivity contribution in [1.29, 1.82) is 0 Å². The first kappa shape index (κ1) is 30.3. The van der Waals surface area contributed by atoms with Crippen LogP contribution in [0, 0.1) is 5.92 Å². The van der Waals surface area contributed by atoms with E-state index < -0.39 is 18.1 Å². The van der Waals surface area contributed by atoms with Gasteiger partial charge in [-0.2, -0.15) is 4.98 Å². The summed E-state index contributed by atoms with van der Waals surface area (Å²) in [5, 5.41) is 12.9. The Morgan fingerprint density at radius 1 is 1.05 bits per heavy atom. The van der Waals surface area contributed by atoms with Crippen LogP contribution in [0.25, 0.3) is 0 Å². The van der Waals surface area contributed by atoms with Crippen molar-refractivity contribution in [2.24, 2.45) is 5.92 Å².